The summed E-state index contributed by atoms with van der Waals surface area (Å²) in [6.07, 6.45) is 2.34. The van der Waals surface area contributed by atoms with E-state index >= 15 is 0 Å². The normalized spacial score (nSPS) is 14.0. The van der Waals surface area contributed by atoms with Crippen molar-refractivity contribution in [3.63, 3.8) is 0 Å². The summed E-state index contributed by atoms with van der Waals surface area (Å²) in [6.45, 7) is 4.03. The average molecular weight is 248 g/mol. The first-order chi connectivity index (χ1) is 8.52. The molecule has 1 aromatic rings. The van der Waals surface area contributed by atoms with Gasteiger partial charge in [0.05, 0.1) is 6.04 Å². The van der Waals surface area contributed by atoms with E-state index in [1.165, 1.54) is 5.56 Å². The summed E-state index contributed by atoms with van der Waals surface area (Å²) >= 11 is 0. The fourth-order valence-electron chi connectivity index (χ4n) is 1.92. The Labute approximate surface area is 110 Å². The summed E-state index contributed by atoms with van der Waals surface area (Å²) < 4.78 is 0. The highest BCUT2D eigenvalue weighted by Crippen LogP contribution is 2.19. The molecule has 0 saturated carbocycles. The van der Waals surface area contributed by atoms with Gasteiger partial charge in [-0.15, -0.1) is 0 Å². The molecule has 1 rings (SSSR count). The minimum atomic E-state index is 0.119. The van der Waals surface area contributed by atoms with E-state index in [0.29, 0.717) is 6.42 Å². The molecule has 100 valence electrons. The summed E-state index contributed by atoms with van der Waals surface area (Å²) in [4.78, 5) is 13.8. The van der Waals surface area contributed by atoms with Crippen molar-refractivity contribution in [1.82, 2.24) is 4.90 Å². The molecular formula is C15H24N2O. The number of hydrogen-bond acceptors (Lipinski definition) is 2. The minimum Gasteiger partial charge on any atom is -0.339 e. The Morgan fingerprint density at radius 1 is 1.28 bits per heavy atom. The van der Waals surface area contributed by atoms with Crippen LogP contribution in [0.3, 0.4) is 0 Å². The third kappa shape index (κ3) is 4.49. The molecule has 0 bridgehead atoms. The zero-order valence-corrected chi connectivity index (χ0v) is 11.6. The van der Waals surface area contributed by atoms with Gasteiger partial charge in [0.25, 0.3) is 0 Å². The molecule has 0 aliphatic heterocycles. The lowest BCUT2D eigenvalue weighted by Crippen LogP contribution is -2.29. The Morgan fingerprint density at radius 2 is 1.89 bits per heavy atom. The number of nitrogens with two attached hydrogens (primary N) is 1. The van der Waals surface area contributed by atoms with Crippen LogP contribution in [-0.2, 0) is 4.79 Å². The second-order valence-corrected chi connectivity index (χ2v) is 4.96. The zero-order chi connectivity index (χ0) is 13.5. The molecule has 0 heterocycles. The van der Waals surface area contributed by atoms with Crippen LogP contribution in [0.2, 0.25) is 0 Å². The van der Waals surface area contributed by atoms with Gasteiger partial charge in [-0.2, -0.15) is 0 Å². The van der Waals surface area contributed by atoms with Crippen LogP contribution < -0.4 is 5.73 Å². The first kappa shape index (κ1) is 14.7. The summed E-state index contributed by atoms with van der Waals surface area (Å²) in [5, 5.41) is 0. The fourth-order valence-corrected chi connectivity index (χ4v) is 1.92. The minimum absolute atomic E-state index is 0.119. The van der Waals surface area contributed by atoms with Gasteiger partial charge in [0, 0.05) is 19.5 Å². The monoisotopic (exact) mass is 248 g/mol. The first-order valence-corrected chi connectivity index (χ1v) is 6.58. The van der Waals surface area contributed by atoms with E-state index in [1.807, 2.05) is 37.1 Å². The summed E-state index contributed by atoms with van der Waals surface area (Å²) in [5.41, 5.74) is 6.85. The number of carbonyl (C=O) groups is 1. The van der Waals surface area contributed by atoms with E-state index in [1.54, 1.807) is 0 Å². The van der Waals surface area contributed by atoms with Gasteiger partial charge in [-0.05, 0) is 32.3 Å². The van der Waals surface area contributed by atoms with Crippen molar-refractivity contribution in [3.8, 4) is 0 Å². The van der Waals surface area contributed by atoms with E-state index in [9.17, 15) is 4.79 Å². The van der Waals surface area contributed by atoms with Gasteiger partial charge in [-0.3, -0.25) is 4.79 Å². The Balaban J connectivity index is 2.48. The van der Waals surface area contributed by atoms with Crippen LogP contribution >= 0.6 is 0 Å². The highest BCUT2D eigenvalue weighted by molar-refractivity contribution is 5.76. The van der Waals surface area contributed by atoms with Crippen molar-refractivity contribution in [2.45, 2.75) is 45.2 Å². The highest BCUT2D eigenvalue weighted by Gasteiger charge is 2.16. The maximum absolute atomic E-state index is 12.0. The molecule has 1 aromatic carbocycles. The van der Waals surface area contributed by atoms with Crippen molar-refractivity contribution in [2.24, 2.45) is 5.73 Å². The smallest absolute Gasteiger partial charge is 0.222 e. The Bertz CT molecular complexity index is 362. The summed E-state index contributed by atoms with van der Waals surface area (Å²) in [6, 6.07) is 10.4. The van der Waals surface area contributed by atoms with Gasteiger partial charge < -0.3 is 10.6 Å². The highest BCUT2D eigenvalue weighted by atomic mass is 16.2. The van der Waals surface area contributed by atoms with Crippen molar-refractivity contribution in [3.05, 3.63) is 35.9 Å². The third-order valence-corrected chi connectivity index (χ3v) is 3.31. The van der Waals surface area contributed by atoms with Crippen LogP contribution in [0.4, 0.5) is 0 Å². The fraction of sp³-hybridized carbons (Fsp3) is 0.533. The second kappa shape index (κ2) is 7.17. The number of benzene rings is 1. The largest absolute Gasteiger partial charge is 0.339 e. The van der Waals surface area contributed by atoms with Gasteiger partial charge in [0.15, 0.2) is 0 Å². The SMILES string of the molecule is CC(N)CCCC(=O)N(C)C(C)c1ccccc1. The molecule has 3 heteroatoms. The number of amides is 1. The van der Waals surface area contributed by atoms with Crippen molar-refractivity contribution >= 4 is 5.91 Å². The van der Waals surface area contributed by atoms with E-state index in [-0.39, 0.29) is 18.0 Å². The lowest BCUT2D eigenvalue weighted by molar-refractivity contribution is -0.131. The quantitative estimate of drug-likeness (QED) is 0.841. The Hall–Kier alpha value is -1.35. The van der Waals surface area contributed by atoms with Crippen LogP contribution in [0.15, 0.2) is 30.3 Å². The van der Waals surface area contributed by atoms with Gasteiger partial charge in [-0.1, -0.05) is 30.3 Å². The zero-order valence-electron chi connectivity index (χ0n) is 11.6. The molecule has 0 saturated heterocycles. The maximum atomic E-state index is 12.0. The molecule has 0 aliphatic rings. The molecule has 0 aliphatic carbocycles. The van der Waals surface area contributed by atoms with Crippen LogP contribution in [0.25, 0.3) is 0 Å². The lowest BCUT2D eigenvalue weighted by Gasteiger charge is -2.25. The average Bonchev–Trinajstić information content (AvgIpc) is 2.37. The van der Waals surface area contributed by atoms with E-state index in [4.69, 9.17) is 5.73 Å². The molecule has 1 amide bonds. The topological polar surface area (TPSA) is 46.3 Å². The van der Waals surface area contributed by atoms with Crippen LogP contribution in [0.1, 0.15) is 44.7 Å². The van der Waals surface area contributed by atoms with E-state index in [0.717, 1.165) is 12.8 Å². The van der Waals surface area contributed by atoms with Gasteiger partial charge in [-0.25, -0.2) is 0 Å². The maximum Gasteiger partial charge on any atom is 0.222 e. The summed E-state index contributed by atoms with van der Waals surface area (Å²) in [7, 11) is 1.87. The molecule has 2 atom stereocenters. The molecule has 0 spiro atoms. The molecule has 3 nitrogen and oxygen atoms in total. The molecule has 2 unspecified atom stereocenters. The van der Waals surface area contributed by atoms with Crippen LogP contribution in [0.5, 0.6) is 0 Å². The van der Waals surface area contributed by atoms with Crippen molar-refractivity contribution in [2.75, 3.05) is 7.05 Å². The predicted molar refractivity (Wildman–Crippen MR) is 75.1 cm³/mol. The van der Waals surface area contributed by atoms with Crippen molar-refractivity contribution in [1.29, 1.82) is 0 Å². The molecule has 2 N–H and O–H groups in total. The van der Waals surface area contributed by atoms with Gasteiger partial charge in [0.1, 0.15) is 0 Å². The first-order valence-electron chi connectivity index (χ1n) is 6.58. The Kier molecular flexibility index (Phi) is 5.86. The number of carbonyl (C=O) groups excluding carboxylic acids is 1. The van der Waals surface area contributed by atoms with Gasteiger partial charge >= 0.3 is 0 Å². The number of nitrogens with zero attached hydrogens (tertiary/aromatic N) is 1. The number of rotatable bonds is 6. The molecule has 18 heavy (non-hydrogen) atoms. The second-order valence-electron chi connectivity index (χ2n) is 4.96. The lowest BCUT2D eigenvalue weighted by atomic mass is 10.1. The molecule has 0 aromatic heterocycles. The van der Waals surface area contributed by atoms with E-state index < -0.39 is 0 Å². The molecular weight excluding hydrogens is 224 g/mol. The Morgan fingerprint density at radius 3 is 2.44 bits per heavy atom. The predicted octanol–water partition coefficient (Wildman–Crippen LogP) is 2.72. The molecule has 0 radical (unpaired) electrons. The van der Waals surface area contributed by atoms with Gasteiger partial charge in [0.2, 0.25) is 5.91 Å². The standard InChI is InChI=1S/C15H24N2O/c1-12(16)8-7-11-15(18)17(3)13(2)14-9-5-4-6-10-14/h4-6,9-10,12-13H,7-8,11,16H2,1-3H3. The van der Waals surface area contributed by atoms with Crippen molar-refractivity contribution < 1.29 is 4.79 Å². The summed E-state index contributed by atoms with van der Waals surface area (Å²) in [5.74, 6) is 0.187. The molecule has 0 fully saturated rings. The third-order valence-electron chi connectivity index (χ3n) is 3.31. The van der Waals surface area contributed by atoms with E-state index in [2.05, 4.69) is 19.1 Å². The van der Waals surface area contributed by atoms with Crippen LogP contribution in [0, 0.1) is 0 Å². The number of hydrogen-bond donors (Lipinski definition) is 1. The van der Waals surface area contributed by atoms with Crippen LogP contribution in [-0.4, -0.2) is 23.9 Å².